The first-order chi connectivity index (χ1) is 13.0. The van der Waals surface area contributed by atoms with E-state index >= 15 is 0 Å². The number of carbonyl (C=O) groups is 1. The fraction of sp³-hybridized carbons (Fsp3) is 0.350. The van der Waals surface area contributed by atoms with Crippen LogP contribution in [0.5, 0.6) is 0 Å². The molecule has 1 heterocycles. The van der Waals surface area contributed by atoms with Gasteiger partial charge in [-0.05, 0) is 49.2 Å². The summed E-state index contributed by atoms with van der Waals surface area (Å²) in [6.07, 6.45) is 1.97. The van der Waals surface area contributed by atoms with Crippen LogP contribution in [-0.4, -0.2) is 49.8 Å². The number of thioether (sulfide) groups is 1. The third-order valence-corrected chi connectivity index (χ3v) is 6.08. The number of benzene rings is 2. The molecule has 0 aliphatic carbocycles. The Morgan fingerprint density at radius 3 is 2.52 bits per heavy atom. The SMILES string of the molecule is CCN1CCN(c2ccc(Cl)cc2NC(=O)c2cc(SC)ccc2Cl)CC1. The van der Waals surface area contributed by atoms with Gasteiger partial charge < -0.3 is 15.1 Å². The van der Waals surface area contributed by atoms with Crippen LogP contribution < -0.4 is 10.2 Å². The van der Waals surface area contributed by atoms with Crippen LogP contribution in [0.25, 0.3) is 0 Å². The first-order valence-corrected chi connectivity index (χ1v) is 10.9. The number of amides is 1. The van der Waals surface area contributed by atoms with E-state index in [4.69, 9.17) is 23.2 Å². The summed E-state index contributed by atoms with van der Waals surface area (Å²) < 4.78 is 0. The number of nitrogens with zero attached hydrogens (tertiary/aromatic N) is 2. The molecule has 27 heavy (non-hydrogen) atoms. The topological polar surface area (TPSA) is 35.6 Å². The highest BCUT2D eigenvalue weighted by Crippen LogP contribution is 2.31. The predicted molar refractivity (Wildman–Crippen MR) is 117 cm³/mol. The fourth-order valence-corrected chi connectivity index (χ4v) is 4.00. The van der Waals surface area contributed by atoms with Gasteiger partial charge in [-0.3, -0.25) is 4.79 Å². The molecule has 7 heteroatoms. The lowest BCUT2D eigenvalue weighted by Gasteiger charge is -2.36. The van der Waals surface area contributed by atoms with Crippen molar-refractivity contribution in [1.29, 1.82) is 0 Å². The molecule has 0 bridgehead atoms. The lowest BCUT2D eigenvalue weighted by Crippen LogP contribution is -2.46. The molecule has 1 amide bonds. The molecule has 0 atom stereocenters. The summed E-state index contributed by atoms with van der Waals surface area (Å²) in [4.78, 5) is 18.6. The van der Waals surface area contributed by atoms with Crippen molar-refractivity contribution in [1.82, 2.24) is 4.90 Å². The number of anilines is 2. The molecule has 4 nitrogen and oxygen atoms in total. The Balaban J connectivity index is 1.84. The van der Waals surface area contributed by atoms with Gasteiger partial charge in [0.15, 0.2) is 0 Å². The minimum absolute atomic E-state index is 0.230. The van der Waals surface area contributed by atoms with Crippen LogP contribution in [0.2, 0.25) is 10.0 Å². The van der Waals surface area contributed by atoms with E-state index in [0.717, 1.165) is 43.3 Å². The van der Waals surface area contributed by atoms with Gasteiger partial charge in [0.25, 0.3) is 5.91 Å². The lowest BCUT2D eigenvalue weighted by molar-refractivity contribution is 0.102. The number of rotatable bonds is 5. The largest absolute Gasteiger partial charge is 0.367 e. The highest BCUT2D eigenvalue weighted by Gasteiger charge is 2.20. The number of halogens is 2. The Labute approximate surface area is 174 Å². The molecule has 0 radical (unpaired) electrons. The molecule has 2 aromatic rings. The van der Waals surface area contributed by atoms with Gasteiger partial charge >= 0.3 is 0 Å². The van der Waals surface area contributed by atoms with Crippen molar-refractivity contribution in [3.63, 3.8) is 0 Å². The zero-order valence-corrected chi connectivity index (χ0v) is 17.8. The van der Waals surface area contributed by atoms with Crippen LogP contribution in [0.4, 0.5) is 11.4 Å². The molecule has 1 fully saturated rings. The molecule has 0 saturated carbocycles. The molecule has 2 aromatic carbocycles. The monoisotopic (exact) mass is 423 g/mol. The normalized spacial score (nSPS) is 15.0. The first kappa shape index (κ1) is 20.3. The van der Waals surface area contributed by atoms with Crippen molar-refractivity contribution in [3.8, 4) is 0 Å². The Kier molecular flexibility index (Phi) is 6.93. The Bertz CT molecular complexity index is 823. The number of carbonyl (C=O) groups excluding carboxylic acids is 1. The van der Waals surface area contributed by atoms with Gasteiger partial charge in [0.05, 0.1) is 22.0 Å². The second-order valence-corrected chi connectivity index (χ2v) is 8.11. The van der Waals surface area contributed by atoms with E-state index in [1.165, 1.54) is 0 Å². The number of hydrogen-bond donors (Lipinski definition) is 1. The van der Waals surface area contributed by atoms with Crippen molar-refractivity contribution in [2.45, 2.75) is 11.8 Å². The average molecular weight is 424 g/mol. The van der Waals surface area contributed by atoms with E-state index in [-0.39, 0.29) is 5.91 Å². The summed E-state index contributed by atoms with van der Waals surface area (Å²) in [5.41, 5.74) is 2.16. The fourth-order valence-electron chi connectivity index (χ4n) is 3.18. The number of piperazine rings is 1. The summed E-state index contributed by atoms with van der Waals surface area (Å²) in [5, 5.41) is 4.03. The van der Waals surface area contributed by atoms with Gasteiger partial charge in [0.1, 0.15) is 0 Å². The van der Waals surface area contributed by atoms with Gasteiger partial charge in [-0.2, -0.15) is 0 Å². The van der Waals surface area contributed by atoms with E-state index in [0.29, 0.717) is 21.3 Å². The number of hydrogen-bond acceptors (Lipinski definition) is 4. The van der Waals surface area contributed by atoms with Crippen LogP contribution in [-0.2, 0) is 0 Å². The zero-order chi connectivity index (χ0) is 19.4. The van der Waals surface area contributed by atoms with E-state index in [9.17, 15) is 4.79 Å². The molecular weight excluding hydrogens is 401 g/mol. The quantitative estimate of drug-likeness (QED) is 0.677. The minimum Gasteiger partial charge on any atom is -0.367 e. The van der Waals surface area contributed by atoms with E-state index in [2.05, 4.69) is 22.0 Å². The summed E-state index contributed by atoms with van der Waals surface area (Å²) in [5.74, 6) is -0.230. The predicted octanol–water partition coefficient (Wildman–Crippen LogP) is 5.11. The molecule has 1 N–H and O–H groups in total. The summed E-state index contributed by atoms with van der Waals surface area (Å²) in [7, 11) is 0. The maximum Gasteiger partial charge on any atom is 0.257 e. The van der Waals surface area contributed by atoms with Gasteiger partial charge in [0, 0.05) is 36.1 Å². The van der Waals surface area contributed by atoms with Gasteiger partial charge in [-0.25, -0.2) is 0 Å². The molecule has 1 aliphatic rings. The van der Waals surface area contributed by atoms with Crippen molar-refractivity contribution in [2.75, 3.05) is 49.2 Å². The molecule has 1 saturated heterocycles. The van der Waals surface area contributed by atoms with Crippen LogP contribution in [0, 0.1) is 0 Å². The van der Waals surface area contributed by atoms with Crippen LogP contribution in [0.3, 0.4) is 0 Å². The molecule has 144 valence electrons. The summed E-state index contributed by atoms with van der Waals surface area (Å²) >= 11 is 14.0. The maximum atomic E-state index is 12.9. The van der Waals surface area contributed by atoms with E-state index in [1.54, 1.807) is 23.9 Å². The van der Waals surface area contributed by atoms with Crippen LogP contribution in [0.15, 0.2) is 41.3 Å². The summed E-state index contributed by atoms with van der Waals surface area (Å²) in [6.45, 7) is 7.09. The number of likely N-dealkylation sites (N-methyl/N-ethyl adjacent to an activating group) is 1. The highest BCUT2D eigenvalue weighted by atomic mass is 35.5. The third kappa shape index (κ3) is 4.91. The lowest BCUT2D eigenvalue weighted by atomic mass is 10.1. The maximum absolute atomic E-state index is 12.9. The van der Waals surface area contributed by atoms with Crippen LogP contribution >= 0.6 is 35.0 Å². The molecule has 0 spiro atoms. The highest BCUT2D eigenvalue weighted by molar-refractivity contribution is 7.98. The molecule has 1 aliphatic heterocycles. The van der Waals surface area contributed by atoms with Gasteiger partial charge in [-0.1, -0.05) is 30.1 Å². The minimum atomic E-state index is -0.230. The molecule has 3 rings (SSSR count). The number of nitrogens with one attached hydrogen (secondary N) is 1. The van der Waals surface area contributed by atoms with Gasteiger partial charge in [-0.15, -0.1) is 11.8 Å². The standard InChI is InChI=1S/C20H23Cl2N3OS/c1-3-24-8-10-25(11-9-24)19-7-4-14(21)12-18(19)23-20(26)16-13-15(27-2)5-6-17(16)22/h4-7,12-13H,3,8-11H2,1-2H3,(H,23,26). The van der Waals surface area contributed by atoms with E-state index < -0.39 is 0 Å². The van der Waals surface area contributed by atoms with Crippen molar-refractivity contribution < 1.29 is 4.79 Å². The average Bonchev–Trinajstić information content (AvgIpc) is 2.68. The van der Waals surface area contributed by atoms with E-state index in [1.807, 2.05) is 30.5 Å². The van der Waals surface area contributed by atoms with Gasteiger partial charge in [0.2, 0.25) is 0 Å². The Hall–Kier alpha value is -1.40. The Morgan fingerprint density at radius 1 is 1.11 bits per heavy atom. The smallest absolute Gasteiger partial charge is 0.257 e. The van der Waals surface area contributed by atoms with Crippen LogP contribution in [0.1, 0.15) is 17.3 Å². The second kappa shape index (κ2) is 9.20. The third-order valence-electron chi connectivity index (χ3n) is 4.79. The first-order valence-electron chi connectivity index (χ1n) is 8.93. The zero-order valence-electron chi connectivity index (χ0n) is 15.5. The molecule has 0 unspecified atom stereocenters. The second-order valence-electron chi connectivity index (χ2n) is 6.38. The summed E-state index contributed by atoms with van der Waals surface area (Å²) in [6, 6.07) is 11.1. The van der Waals surface area contributed by atoms with Crippen molar-refractivity contribution >= 4 is 52.2 Å². The Morgan fingerprint density at radius 2 is 1.85 bits per heavy atom. The van der Waals surface area contributed by atoms with Crippen molar-refractivity contribution in [3.05, 3.63) is 52.0 Å². The molecular formula is C20H23Cl2N3OS. The van der Waals surface area contributed by atoms with Crippen molar-refractivity contribution in [2.24, 2.45) is 0 Å². The molecule has 0 aromatic heterocycles.